The van der Waals surface area contributed by atoms with Gasteiger partial charge in [0, 0.05) is 36.9 Å². The number of carbonyl (C=O) groups is 2. The molecule has 3 heterocycles. The van der Waals surface area contributed by atoms with Gasteiger partial charge in [0.25, 0.3) is 11.5 Å². The minimum absolute atomic E-state index is 0.126. The number of nitro benzene ring substituents is 1. The first-order valence-corrected chi connectivity index (χ1v) is 12.3. The van der Waals surface area contributed by atoms with E-state index >= 15 is 0 Å². The van der Waals surface area contributed by atoms with Crippen molar-refractivity contribution in [2.75, 3.05) is 0 Å². The Bertz CT molecular complexity index is 1450. The van der Waals surface area contributed by atoms with Gasteiger partial charge in [0.1, 0.15) is 11.9 Å². The molecule has 0 spiro atoms. The molecule has 2 aliphatic heterocycles. The summed E-state index contributed by atoms with van der Waals surface area (Å²) >= 11 is 0. The SMILES string of the molecule is O=C(O[C@@H]1C[C@H](c2cnccn2)N2C(=O)/[N+](=C/C3CC(c4ccccc4)C3)N=C12)c1ccc([N+](=O)[O-])cc1. The fraction of sp³-hybridized carbons (Fsp3) is 0.259. The van der Waals surface area contributed by atoms with E-state index in [4.69, 9.17) is 4.74 Å². The number of hydrazone groups is 1. The van der Waals surface area contributed by atoms with Gasteiger partial charge >= 0.3 is 12.0 Å². The Morgan fingerprint density at radius 1 is 1.08 bits per heavy atom. The second kappa shape index (κ2) is 9.58. The molecule has 0 unspecified atom stereocenters. The lowest BCUT2D eigenvalue weighted by atomic mass is 9.72. The zero-order valence-corrected chi connectivity index (χ0v) is 20.2. The van der Waals surface area contributed by atoms with Crippen molar-refractivity contribution < 1.29 is 23.9 Å². The van der Waals surface area contributed by atoms with Crippen LogP contribution >= 0.6 is 0 Å². The maximum absolute atomic E-state index is 13.5. The number of carbonyl (C=O) groups excluding carboxylic acids is 2. The van der Waals surface area contributed by atoms with E-state index in [9.17, 15) is 19.7 Å². The molecular weight excluding hydrogens is 488 g/mol. The first-order chi connectivity index (χ1) is 18.5. The average Bonchev–Trinajstić information content (AvgIpc) is 3.43. The van der Waals surface area contributed by atoms with Gasteiger partial charge in [0.15, 0.2) is 12.1 Å². The molecule has 11 nitrogen and oxygen atoms in total. The van der Waals surface area contributed by atoms with E-state index < -0.39 is 23.0 Å². The van der Waals surface area contributed by atoms with Crippen LogP contribution in [0.4, 0.5) is 10.5 Å². The number of nitrogens with zero attached hydrogens (tertiary/aromatic N) is 6. The molecule has 0 radical (unpaired) electrons. The first-order valence-electron chi connectivity index (χ1n) is 12.3. The van der Waals surface area contributed by atoms with Crippen molar-refractivity contribution >= 4 is 29.7 Å². The Hall–Kier alpha value is -4.80. The van der Waals surface area contributed by atoms with Crippen LogP contribution in [0.25, 0.3) is 0 Å². The lowest BCUT2D eigenvalue weighted by Crippen LogP contribution is -2.35. The highest BCUT2D eigenvalue weighted by atomic mass is 16.6. The number of rotatable bonds is 6. The van der Waals surface area contributed by atoms with Gasteiger partial charge in [-0.2, -0.15) is 9.69 Å². The van der Waals surface area contributed by atoms with Crippen LogP contribution in [0.15, 0.2) is 78.3 Å². The predicted octanol–water partition coefficient (Wildman–Crippen LogP) is 4.08. The van der Waals surface area contributed by atoms with Crippen molar-refractivity contribution in [1.82, 2.24) is 14.9 Å². The molecule has 2 aromatic carbocycles. The van der Waals surface area contributed by atoms with Crippen LogP contribution in [0.5, 0.6) is 0 Å². The highest BCUT2D eigenvalue weighted by Gasteiger charge is 2.57. The highest BCUT2D eigenvalue weighted by Crippen LogP contribution is 2.41. The number of aromatic nitrogens is 2. The number of hydrogen-bond donors (Lipinski definition) is 0. The monoisotopic (exact) mass is 511 g/mol. The molecule has 3 aromatic rings. The van der Waals surface area contributed by atoms with Crippen LogP contribution in [0.2, 0.25) is 0 Å². The summed E-state index contributed by atoms with van der Waals surface area (Å²) in [6.07, 6.45) is 7.83. The van der Waals surface area contributed by atoms with E-state index in [1.54, 1.807) is 18.6 Å². The normalized spacial score (nSPS) is 25.1. The molecule has 2 atom stereocenters. The third-order valence-corrected chi connectivity index (χ3v) is 7.18. The molecule has 38 heavy (non-hydrogen) atoms. The average molecular weight is 512 g/mol. The second-order valence-corrected chi connectivity index (χ2v) is 9.52. The smallest absolute Gasteiger partial charge is 0.448 e. The third-order valence-electron chi connectivity index (χ3n) is 7.18. The highest BCUT2D eigenvalue weighted by molar-refractivity contribution is 6.04. The standard InChI is InChI=1S/C27H23N6O5/c34-26(19-6-8-21(9-7-19)33(36)37)38-24-14-23(22-15-28-10-11-29-22)32-25(24)30-31(27(32)35)16-17-12-20(13-17)18-4-2-1-3-5-18/h1-11,15-17,20,23-24H,12-14H2/q+1/b31-16-/t17?,20?,23-,24-/m1/s1. The van der Waals surface area contributed by atoms with Gasteiger partial charge in [0.05, 0.1) is 16.7 Å². The molecule has 3 aliphatic rings. The number of non-ortho nitro benzene ring substituents is 1. The number of amidine groups is 1. The van der Waals surface area contributed by atoms with Gasteiger partial charge in [-0.3, -0.25) is 20.1 Å². The first kappa shape index (κ1) is 23.6. The van der Waals surface area contributed by atoms with Crippen molar-refractivity contribution in [1.29, 1.82) is 0 Å². The summed E-state index contributed by atoms with van der Waals surface area (Å²) in [7, 11) is 0. The maximum Gasteiger partial charge on any atom is 0.525 e. The van der Waals surface area contributed by atoms with Gasteiger partial charge in [-0.05, 0) is 41.6 Å². The number of ether oxygens (including phenoxy) is 1. The van der Waals surface area contributed by atoms with Crippen molar-refractivity contribution in [3.05, 3.63) is 100 Å². The number of hydrogen-bond acceptors (Lipinski definition) is 8. The van der Waals surface area contributed by atoms with Crippen molar-refractivity contribution in [2.24, 2.45) is 11.0 Å². The topological polar surface area (TPSA) is 131 Å². The molecule has 6 rings (SSSR count). The van der Waals surface area contributed by atoms with Gasteiger partial charge in [-0.1, -0.05) is 35.0 Å². The number of amides is 2. The molecule has 1 aromatic heterocycles. The number of urea groups is 1. The van der Waals surface area contributed by atoms with E-state index in [1.165, 1.54) is 39.4 Å². The summed E-state index contributed by atoms with van der Waals surface area (Å²) in [6, 6.07) is 14.6. The maximum atomic E-state index is 13.5. The van der Waals surface area contributed by atoms with Crippen molar-refractivity contribution in [3.8, 4) is 0 Å². The van der Waals surface area contributed by atoms with Gasteiger partial charge < -0.3 is 4.74 Å². The molecule has 11 heteroatoms. The number of benzene rings is 2. The van der Waals surface area contributed by atoms with Crippen molar-refractivity contribution in [2.45, 2.75) is 37.3 Å². The van der Waals surface area contributed by atoms with Gasteiger partial charge in [-0.15, -0.1) is 0 Å². The summed E-state index contributed by atoms with van der Waals surface area (Å²) in [5.74, 6) is 0.318. The molecule has 0 N–H and O–H groups in total. The number of nitro groups is 1. The molecule has 0 bridgehead atoms. The summed E-state index contributed by atoms with van der Waals surface area (Å²) in [6.45, 7) is 0. The van der Waals surface area contributed by atoms with Crippen LogP contribution in [0, 0.1) is 16.0 Å². The second-order valence-electron chi connectivity index (χ2n) is 9.52. The Morgan fingerprint density at radius 3 is 2.53 bits per heavy atom. The molecule has 1 saturated heterocycles. The fourth-order valence-corrected chi connectivity index (χ4v) is 5.17. The minimum atomic E-state index is -0.800. The molecule has 1 saturated carbocycles. The molecule has 2 fully saturated rings. The Morgan fingerprint density at radius 2 is 1.84 bits per heavy atom. The number of fused-ring (bicyclic) bond motifs is 1. The lowest BCUT2D eigenvalue weighted by Gasteiger charge is -2.32. The van der Waals surface area contributed by atoms with Crippen LogP contribution in [-0.4, -0.2) is 54.6 Å². The van der Waals surface area contributed by atoms with Gasteiger partial charge in [0.2, 0.25) is 0 Å². The van der Waals surface area contributed by atoms with E-state index in [-0.39, 0.29) is 29.6 Å². The van der Waals surface area contributed by atoms with Gasteiger partial charge in [-0.25, -0.2) is 4.79 Å². The van der Waals surface area contributed by atoms with Crippen LogP contribution < -0.4 is 0 Å². The van der Waals surface area contributed by atoms with E-state index in [1.807, 2.05) is 24.4 Å². The van der Waals surface area contributed by atoms with Crippen LogP contribution in [0.1, 0.15) is 52.8 Å². The largest absolute Gasteiger partial charge is 0.525 e. The van der Waals surface area contributed by atoms with Crippen molar-refractivity contribution in [3.63, 3.8) is 0 Å². The fourth-order valence-electron chi connectivity index (χ4n) is 5.17. The minimum Gasteiger partial charge on any atom is -0.448 e. The molecule has 1 aliphatic carbocycles. The lowest BCUT2D eigenvalue weighted by molar-refractivity contribution is -0.428. The summed E-state index contributed by atoms with van der Waals surface area (Å²) in [4.78, 5) is 46.7. The summed E-state index contributed by atoms with van der Waals surface area (Å²) in [5, 5.41) is 15.5. The number of esters is 1. The Labute approximate surface area is 217 Å². The van der Waals surface area contributed by atoms with Crippen LogP contribution in [0.3, 0.4) is 0 Å². The summed E-state index contributed by atoms with van der Waals surface area (Å²) in [5.41, 5.74) is 1.90. The Balaban J connectivity index is 1.23. The Kier molecular flexibility index (Phi) is 5.95. The quantitative estimate of drug-likeness (QED) is 0.211. The predicted molar refractivity (Wildman–Crippen MR) is 135 cm³/mol. The molecule has 2 amide bonds. The summed E-state index contributed by atoms with van der Waals surface area (Å²) < 4.78 is 7.10. The van der Waals surface area contributed by atoms with Crippen LogP contribution in [-0.2, 0) is 4.74 Å². The zero-order valence-electron chi connectivity index (χ0n) is 20.2. The van der Waals surface area contributed by atoms with E-state index in [0.29, 0.717) is 17.4 Å². The molecule has 190 valence electrons. The van der Waals surface area contributed by atoms with E-state index in [2.05, 4.69) is 27.2 Å². The third kappa shape index (κ3) is 4.32. The van der Waals surface area contributed by atoms with E-state index in [0.717, 1.165) is 12.8 Å². The molecular formula is C27H23N6O5+. The zero-order chi connectivity index (χ0) is 26.2.